The third-order valence-electron chi connectivity index (χ3n) is 2.01. The maximum Gasteiger partial charge on any atom is 0.421 e. The van der Waals surface area contributed by atoms with Gasteiger partial charge >= 0.3 is 6.09 Å². The van der Waals surface area contributed by atoms with Gasteiger partial charge in [-0.15, -0.1) is 0 Å². The Morgan fingerprint density at radius 1 is 1.54 bits per heavy atom. The highest BCUT2D eigenvalue weighted by Gasteiger charge is 2.25. The first-order valence-electron chi connectivity index (χ1n) is 4.16. The maximum absolute atomic E-state index is 10.7. The molecule has 0 spiro atoms. The van der Waals surface area contributed by atoms with Crippen molar-refractivity contribution in [3.8, 4) is 6.07 Å². The molecule has 13 heavy (non-hydrogen) atoms. The number of carbonyl (C=O) groups excluding carboxylic acids is 1. The lowest BCUT2D eigenvalue weighted by Crippen LogP contribution is -2.52. The van der Waals surface area contributed by atoms with Crippen LogP contribution in [0.15, 0.2) is 0 Å². The fourth-order valence-electron chi connectivity index (χ4n) is 0.835. The first-order chi connectivity index (χ1) is 6.14. The molecule has 0 saturated heterocycles. The van der Waals surface area contributed by atoms with Gasteiger partial charge in [0.25, 0.3) is 0 Å². The van der Waals surface area contributed by atoms with Crippen LogP contribution < -0.4 is 10.9 Å². The number of carbonyl (C=O) groups is 1. The number of ether oxygens (including phenoxy) is 1. The van der Waals surface area contributed by atoms with E-state index in [9.17, 15) is 4.79 Å². The van der Waals surface area contributed by atoms with Gasteiger partial charge in [-0.25, -0.2) is 10.2 Å². The highest BCUT2D eigenvalue weighted by atomic mass is 16.5. The van der Waals surface area contributed by atoms with Crippen molar-refractivity contribution in [3.63, 3.8) is 0 Å². The Morgan fingerprint density at radius 2 is 2.08 bits per heavy atom. The molecule has 5 nitrogen and oxygen atoms in total. The lowest BCUT2D eigenvalue weighted by Gasteiger charge is -2.24. The third kappa shape index (κ3) is 3.30. The minimum atomic E-state index is -0.700. The summed E-state index contributed by atoms with van der Waals surface area (Å²) in [5.74, 6) is 0. The first kappa shape index (κ1) is 11.7. The summed E-state index contributed by atoms with van der Waals surface area (Å²) in [6.45, 7) is 3.75. The minimum absolute atomic E-state index is 0.596. The maximum atomic E-state index is 10.7. The Hall–Kier alpha value is -1.28. The van der Waals surface area contributed by atoms with E-state index in [4.69, 9.17) is 5.26 Å². The summed E-state index contributed by atoms with van der Waals surface area (Å²) in [5.41, 5.74) is 4.24. The number of nitrogens with zero attached hydrogens (tertiary/aromatic N) is 1. The number of hydrogen-bond acceptors (Lipinski definition) is 4. The van der Waals surface area contributed by atoms with Crippen LogP contribution in [0, 0.1) is 11.3 Å². The van der Waals surface area contributed by atoms with E-state index in [1.54, 1.807) is 0 Å². The highest BCUT2D eigenvalue weighted by Crippen LogP contribution is 2.11. The largest absolute Gasteiger partial charge is 0.452 e. The van der Waals surface area contributed by atoms with Crippen LogP contribution in [0.2, 0.25) is 0 Å². The molecule has 0 fully saturated rings. The van der Waals surface area contributed by atoms with Crippen LogP contribution in [0.3, 0.4) is 0 Å². The van der Waals surface area contributed by atoms with Gasteiger partial charge in [-0.05, 0) is 12.8 Å². The van der Waals surface area contributed by atoms with Gasteiger partial charge in [-0.1, -0.05) is 13.8 Å². The molecular weight excluding hydrogens is 170 g/mol. The summed E-state index contributed by atoms with van der Waals surface area (Å²) < 4.78 is 4.36. The number of methoxy groups -OCH3 is 1. The third-order valence-corrected chi connectivity index (χ3v) is 2.01. The quantitative estimate of drug-likeness (QED) is 0.639. The van der Waals surface area contributed by atoms with Crippen LogP contribution in [0.25, 0.3) is 0 Å². The summed E-state index contributed by atoms with van der Waals surface area (Å²) in [6.07, 6.45) is 0.634. The van der Waals surface area contributed by atoms with Crippen LogP contribution in [-0.2, 0) is 4.74 Å². The van der Waals surface area contributed by atoms with Gasteiger partial charge in [0.05, 0.1) is 13.2 Å². The van der Waals surface area contributed by atoms with Crippen molar-refractivity contribution in [2.45, 2.75) is 32.2 Å². The second-order valence-electron chi connectivity index (χ2n) is 2.64. The predicted molar refractivity (Wildman–Crippen MR) is 47.6 cm³/mol. The predicted octanol–water partition coefficient (Wildman–Crippen LogP) is 0.929. The number of hydrazine groups is 1. The normalized spacial score (nSPS) is 10.3. The second-order valence-corrected chi connectivity index (χ2v) is 2.64. The molecule has 0 aromatic heterocycles. The van der Waals surface area contributed by atoms with Crippen LogP contribution >= 0.6 is 0 Å². The zero-order chi connectivity index (χ0) is 10.3. The van der Waals surface area contributed by atoms with Crippen molar-refractivity contribution in [2.24, 2.45) is 0 Å². The average molecular weight is 185 g/mol. The molecule has 0 heterocycles. The van der Waals surface area contributed by atoms with E-state index < -0.39 is 11.6 Å². The van der Waals surface area contributed by atoms with Crippen molar-refractivity contribution in [1.82, 2.24) is 10.9 Å². The van der Waals surface area contributed by atoms with E-state index in [1.165, 1.54) is 7.11 Å². The number of amides is 1. The van der Waals surface area contributed by atoms with Crippen molar-refractivity contribution in [1.29, 1.82) is 5.26 Å². The molecule has 0 aromatic rings. The second kappa shape index (κ2) is 5.38. The molecule has 5 heteroatoms. The van der Waals surface area contributed by atoms with E-state index >= 15 is 0 Å². The monoisotopic (exact) mass is 185 g/mol. The Bertz CT molecular complexity index is 206. The van der Waals surface area contributed by atoms with Crippen LogP contribution in [0.5, 0.6) is 0 Å². The molecule has 1 amide bonds. The summed E-state index contributed by atoms with van der Waals surface area (Å²) in [4.78, 5) is 10.7. The Kier molecular flexibility index (Phi) is 4.85. The summed E-state index contributed by atoms with van der Waals surface area (Å²) in [7, 11) is 1.27. The molecule has 0 aromatic carbocycles. The van der Waals surface area contributed by atoms with Gasteiger partial charge in [0.1, 0.15) is 5.54 Å². The summed E-state index contributed by atoms with van der Waals surface area (Å²) in [6, 6.07) is 2.11. The molecule has 0 bridgehead atoms. The van der Waals surface area contributed by atoms with Gasteiger partial charge in [0.2, 0.25) is 0 Å². The Balaban J connectivity index is 4.13. The van der Waals surface area contributed by atoms with Crippen molar-refractivity contribution in [3.05, 3.63) is 0 Å². The molecule has 0 unspecified atom stereocenters. The number of nitrogens with one attached hydrogen (secondary N) is 2. The van der Waals surface area contributed by atoms with Crippen LogP contribution in [0.1, 0.15) is 26.7 Å². The van der Waals surface area contributed by atoms with E-state index in [0.717, 1.165) is 0 Å². The zero-order valence-corrected chi connectivity index (χ0v) is 8.18. The van der Waals surface area contributed by atoms with Gasteiger partial charge in [0, 0.05) is 0 Å². The Labute approximate surface area is 78.0 Å². The minimum Gasteiger partial charge on any atom is -0.452 e. The lowest BCUT2D eigenvalue weighted by atomic mass is 9.96. The van der Waals surface area contributed by atoms with Gasteiger partial charge in [0.15, 0.2) is 0 Å². The van der Waals surface area contributed by atoms with Crippen molar-refractivity contribution >= 4 is 6.09 Å². The number of hydrogen-bond donors (Lipinski definition) is 2. The van der Waals surface area contributed by atoms with Gasteiger partial charge in [-0.2, -0.15) is 5.26 Å². The lowest BCUT2D eigenvalue weighted by molar-refractivity contribution is 0.159. The standard InChI is InChI=1S/C8H15N3O2/c1-4-8(5-2,6-9)11-10-7(12)13-3/h11H,4-5H2,1-3H3,(H,10,12). The molecule has 74 valence electrons. The Morgan fingerprint density at radius 3 is 2.38 bits per heavy atom. The SMILES string of the molecule is CCC(C#N)(CC)NNC(=O)OC. The molecule has 0 aliphatic heterocycles. The van der Waals surface area contributed by atoms with E-state index in [0.29, 0.717) is 12.8 Å². The topological polar surface area (TPSA) is 74.2 Å². The van der Waals surface area contributed by atoms with Crippen molar-refractivity contribution in [2.75, 3.05) is 7.11 Å². The molecule has 0 aliphatic carbocycles. The van der Waals surface area contributed by atoms with E-state index in [-0.39, 0.29) is 0 Å². The highest BCUT2D eigenvalue weighted by molar-refractivity contribution is 5.66. The van der Waals surface area contributed by atoms with Crippen LogP contribution in [-0.4, -0.2) is 18.7 Å². The average Bonchev–Trinajstić information content (AvgIpc) is 2.20. The van der Waals surface area contributed by atoms with Gasteiger partial charge in [-0.3, -0.25) is 5.43 Å². The van der Waals surface area contributed by atoms with E-state index in [1.807, 2.05) is 13.8 Å². The van der Waals surface area contributed by atoms with E-state index in [2.05, 4.69) is 21.7 Å². The molecule has 0 atom stereocenters. The molecule has 2 N–H and O–H groups in total. The molecule has 0 rings (SSSR count). The number of rotatable bonds is 4. The molecule has 0 radical (unpaired) electrons. The fraction of sp³-hybridized carbons (Fsp3) is 0.750. The molecular formula is C8H15N3O2. The molecule has 0 saturated carbocycles. The summed E-state index contributed by atoms with van der Waals surface area (Å²) >= 11 is 0. The zero-order valence-electron chi connectivity index (χ0n) is 8.18. The smallest absolute Gasteiger partial charge is 0.421 e. The summed E-state index contributed by atoms with van der Waals surface area (Å²) in [5, 5.41) is 8.86. The van der Waals surface area contributed by atoms with Gasteiger partial charge < -0.3 is 4.74 Å². The first-order valence-corrected chi connectivity index (χ1v) is 4.16. The number of nitriles is 1. The van der Waals surface area contributed by atoms with Crippen LogP contribution in [0.4, 0.5) is 4.79 Å². The van der Waals surface area contributed by atoms with Crippen molar-refractivity contribution < 1.29 is 9.53 Å². The fourth-order valence-corrected chi connectivity index (χ4v) is 0.835. The molecule has 0 aliphatic rings.